The summed E-state index contributed by atoms with van der Waals surface area (Å²) in [5.41, 5.74) is 4.76. The zero-order chi connectivity index (χ0) is 17.2. The van der Waals surface area contributed by atoms with E-state index in [0.717, 1.165) is 27.5 Å². The van der Waals surface area contributed by atoms with E-state index in [9.17, 15) is 4.79 Å². The summed E-state index contributed by atoms with van der Waals surface area (Å²) in [5.74, 6) is -0.0303. The van der Waals surface area contributed by atoms with Crippen LogP contribution in [0.25, 0.3) is 16.2 Å². The molecule has 0 fully saturated rings. The quantitative estimate of drug-likeness (QED) is 0.588. The molecular formula is C20H17N3OS. The zero-order valence-corrected chi connectivity index (χ0v) is 14.6. The monoisotopic (exact) mass is 347 g/mol. The largest absolute Gasteiger partial charge is 0.325 e. The number of anilines is 1. The number of amides is 1. The third kappa shape index (κ3) is 3.32. The molecule has 4 nitrogen and oxygen atoms in total. The second kappa shape index (κ2) is 6.53. The first kappa shape index (κ1) is 15.6. The van der Waals surface area contributed by atoms with Crippen LogP contribution in [0, 0.1) is 6.92 Å². The molecule has 2 heterocycles. The number of imidazole rings is 1. The number of fused-ring (bicyclic) bond motifs is 1. The van der Waals surface area contributed by atoms with Gasteiger partial charge >= 0.3 is 0 Å². The van der Waals surface area contributed by atoms with E-state index >= 15 is 0 Å². The highest BCUT2D eigenvalue weighted by Gasteiger charge is 2.12. The topological polar surface area (TPSA) is 46.4 Å². The Labute approximate surface area is 149 Å². The summed E-state index contributed by atoms with van der Waals surface area (Å²) < 4.78 is 1.99. The van der Waals surface area contributed by atoms with Crippen molar-refractivity contribution in [3.05, 3.63) is 77.4 Å². The molecule has 0 bridgehead atoms. The number of carbonyl (C=O) groups excluding carboxylic acids is 1. The first-order valence-electron chi connectivity index (χ1n) is 8.06. The fourth-order valence-electron chi connectivity index (χ4n) is 2.76. The van der Waals surface area contributed by atoms with Gasteiger partial charge in [-0.2, -0.15) is 0 Å². The summed E-state index contributed by atoms with van der Waals surface area (Å²) in [6.07, 6.45) is 4.32. The number of nitrogens with zero attached hydrogens (tertiary/aromatic N) is 2. The van der Waals surface area contributed by atoms with Gasteiger partial charge in [0.1, 0.15) is 0 Å². The predicted octanol–water partition coefficient (Wildman–Crippen LogP) is 4.55. The molecule has 0 atom stereocenters. The molecule has 4 aromatic rings. The molecule has 5 heteroatoms. The van der Waals surface area contributed by atoms with Crippen LogP contribution in [0.15, 0.2) is 66.3 Å². The molecule has 2 aromatic carbocycles. The Kier molecular flexibility index (Phi) is 4.07. The lowest BCUT2D eigenvalue weighted by Gasteiger charge is -2.09. The second-order valence-electron chi connectivity index (χ2n) is 5.98. The Hall–Kier alpha value is -2.92. The van der Waals surface area contributed by atoms with Crippen LogP contribution in [0.2, 0.25) is 0 Å². The lowest BCUT2D eigenvalue weighted by atomic mass is 10.1. The Morgan fingerprint density at radius 3 is 2.76 bits per heavy atom. The van der Waals surface area contributed by atoms with Crippen molar-refractivity contribution < 1.29 is 4.79 Å². The molecule has 124 valence electrons. The Bertz CT molecular complexity index is 1000. The first-order chi connectivity index (χ1) is 12.2. The SMILES string of the molecule is Cc1ccc(CC(=O)Nc2ccccc2-c2cn3ccsc3n2)cc1. The van der Waals surface area contributed by atoms with Crippen LogP contribution < -0.4 is 5.32 Å². The van der Waals surface area contributed by atoms with Crippen molar-refractivity contribution in [2.24, 2.45) is 0 Å². The van der Waals surface area contributed by atoms with Crippen LogP contribution >= 0.6 is 11.3 Å². The molecule has 2 aromatic heterocycles. The van der Waals surface area contributed by atoms with Crippen LogP contribution in [0.1, 0.15) is 11.1 Å². The van der Waals surface area contributed by atoms with E-state index in [0.29, 0.717) is 6.42 Å². The van der Waals surface area contributed by atoms with Crippen LogP contribution in [0.3, 0.4) is 0 Å². The highest BCUT2D eigenvalue weighted by molar-refractivity contribution is 7.15. The molecule has 0 radical (unpaired) electrons. The average molecular weight is 347 g/mol. The zero-order valence-electron chi connectivity index (χ0n) is 13.8. The molecule has 0 aliphatic carbocycles. The lowest BCUT2D eigenvalue weighted by molar-refractivity contribution is -0.115. The maximum Gasteiger partial charge on any atom is 0.228 e. The Morgan fingerprint density at radius 2 is 1.96 bits per heavy atom. The molecule has 1 amide bonds. The number of para-hydroxylation sites is 1. The van der Waals surface area contributed by atoms with E-state index in [4.69, 9.17) is 0 Å². The third-order valence-electron chi connectivity index (χ3n) is 4.06. The smallest absolute Gasteiger partial charge is 0.228 e. The molecule has 0 aliphatic heterocycles. The molecule has 0 unspecified atom stereocenters. The fourth-order valence-corrected chi connectivity index (χ4v) is 3.46. The van der Waals surface area contributed by atoms with Gasteiger partial charge in [-0.3, -0.25) is 9.20 Å². The van der Waals surface area contributed by atoms with Crippen molar-refractivity contribution in [3.8, 4) is 11.3 Å². The summed E-state index contributed by atoms with van der Waals surface area (Å²) in [6, 6.07) is 15.8. The van der Waals surface area contributed by atoms with E-state index < -0.39 is 0 Å². The summed E-state index contributed by atoms with van der Waals surface area (Å²) in [7, 11) is 0. The minimum absolute atomic E-state index is 0.0303. The average Bonchev–Trinajstić information content (AvgIpc) is 3.19. The van der Waals surface area contributed by atoms with Crippen LogP contribution in [0.5, 0.6) is 0 Å². The molecule has 0 saturated heterocycles. The van der Waals surface area contributed by atoms with Gasteiger partial charge in [-0.1, -0.05) is 48.0 Å². The van der Waals surface area contributed by atoms with Gasteiger partial charge < -0.3 is 5.32 Å². The standard InChI is InChI=1S/C20H17N3OS/c1-14-6-8-15(9-7-14)12-19(24)21-17-5-3-2-4-16(17)18-13-23-10-11-25-20(23)22-18/h2-11,13H,12H2,1H3,(H,21,24). The highest BCUT2D eigenvalue weighted by Crippen LogP contribution is 2.28. The number of hydrogen-bond acceptors (Lipinski definition) is 3. The minimum Gasteiger partial charge on any atom is -0.325 e. The van der Waals surface area contributed by atoms with E-state index in [2.05, 4.69) is 10.3 Å². The van der Waals surface area contributed by atoms with E-state index in [-0.39, 0.29) is 5.91 Å². The maximum absolute atomic E-state index is 12.4. The van der Waals surface area contributed by atoms with Gasteiger partial charge in [0.25, 0.3) is 0 Å². The van der Waals surface area contributed by atoms with Crippen molar-refractivity contribution >= 4 is 27.9 Å². The van der Waals surface area contributed by atoms with Gasteiger partial charge in [-0.15, -0.1) is 11.3 Å². The Balaban J connectivity index is 1.57. The molecular weight excluding hydrogens is 330 g/mol. The van der Waals surface area contributed by atoms with Gasteiger partial charge in [0.05, 0.1) is 17.8 Å². The van der Waals surface area contributed by atoms with Crippen molar-refractivity contribution in [2.45, 2.75) is 13.3 Å². The maximum atomic E-state index is 12.4. The molecule has 1 N–H and O–H groups in total. The number of aromatic nitrogens is 2. The number of aryl methyl sites for hydroxylation is 1. The van der Waals surface area contributed by atoms with Crippen molar-refractivity contribution in [1.29, 1.82) is 0 Å². The van der Waals surface area contributed by atoms with Gasteiger partial charge in [0, 0.05) is 23.3 Å². The third-order valence-corrected chi connectivity index (χ3v) is 4.83. The van der Waals surface area contributed by atoms with Gasteiger partial charge in [-0.25, -0.2) is 4.98 Å². The van der Waals surface area contributed by atoms with Crippen molar-refractivity contribution in [3.63, 3.8) is 0 Å². The molecule has 25 heavy (non-hydrogen) atoms. The van der Waals surface area contributed by atoms with Gasteiger partial charge in [0.15, 0.2) is 4.96 Å². The first-order valence-corrected chi connectivity index (χ1v) is 8.94. The van der Waals surface area contributed by atoms with E-state index in [1.54, 1.807) is 11.3 Å². The van der Waals surface area contributed by atoms with Gasteiger partial charge in [-0.05, 0) is 18.6 Å². The van der Waals surface area contributed by atoms with E-state index in [1.165, 1.54) is 5.56 Å². The van der Waals surface area contributed by atoms with Crippen molar-refractivity contribution in [1.82, 2.24) is 9.38 Å². The molecule has 4 rings (SSSR count). The lowest BCUT2D eigenvalue weighted by Crippen LogP contribution is -2.15. The predicted molar refractivity (Wildman–Crippen MR) is 102 cm³/mol. The normalized spacial score (nSPS) is 10.9. The minimum atomic E-state index is -0.0303. The number of rotatable bonds is 4. The van der Waals surface area contributed by atoms with Crippen molar-refractivity contribution in [2.75, 3.05) is 5.32 Å². The molecule has 0 aliphatic rings. The van der Waals surface area contributed by atoms with E-state index in [1.807, 2.05) is 77.6 Å². The highest BCUT2D eigenvalue weighted by atomic mass is 32.1. The number of carbonyl (C=O) groups is 1. The number of hydrogen-bond donors (Lipinski definition) is 1. The second-order valence-corrected chi connectivity index (χ2v) is 6.85. The molecule has 0 saturated carbocycles. The van der Waals surface area contributed by atoms with Crippen LogP contribution in [-0.4, -0.2) is 15.3 Å². The van der Waals surface area contributed by atoms with Crippen LogP contribution in [0.4, 0.5) is 5.69 Å². The van der Waals surface area contributed by atoms with Gasteiger partial charge in [0.2, 0.25) is 5.91 Å². The number of nitrogens with one attached hydrogen (secondary N) is 1. The molecule has 0 spiro atoms. The summed E-state index contributed by atoms with van der Waals surface area (Å²) >= 11 is 1.59. The van der Waals surface area contributed by atoms with Crippen LogP contribution in [-0.2, 0) is 11.2 Å². The summed E-state index contributed by atoms with van der Waals surface area (Å²) in [6.45, 7) is 2.04. The fraction of sp³-hybridized carbons (Fsp3) is 0.100. The summed E-state index contributed by atoms with van der Waals surface area (Å²) in [5, 5.41) is 5.03. The number of thiazole rings is 1. The Morgan fingerprint density at radius 1 is 1.16 bits per heavy atom. The summed E-state index contributed by atoms with van der Waals surface area (Å²) in [4.78, 5) is 18.0. The number of benzene rings is 2.